The quantitative estimate of drug-likeness (QED) is 0.0243. The Morgan fingerprint density at radius 1 is 0.674 bits per heavy atom. The molecule has 27 nitrogen and oxygen atoms in total. The van der Waals surface area contributed by atoms with E-state index in [0.29, 0.717) is 44.2 Å². The molecule has 0 bridgehead atoms. The number of aliphatic carboxylic acids is 1. The Labute approximate surface area is 524 Å². The second kappa shape index (κ2) is 38.9. The van der Waals surface area contributed by atoms with Crippen molar-refractivity contribution in [3.05, 3.63) is 35.9 Å². The number of hydrogen-bond acceptors (Lipinski definition) is 14. The molecule has 0 aliphatic carbocycles. The summed E-state index contributed by atoms with van der Waals surface area (Å²) in [5, 5.41) is 37.2. The van der Waals surface area contributed by atoms with Crippen molar-refractivity contribution in [1.82, 2.24) is 46.6 Å². The number of nitrogens with zero attached hydrogens (tertiary/aromatic N) is 4. The number of carboxylic acids is 1. The maximum Gasteiger partial charge on any atom is 0.305 e. The Balaban J connectivity index is 1.92. The molecule has 0 radical (unpaired) electrons. The lowest BCUT2D eigenvalue weighted by atomic mass is 9.97. The lowest BCUT2D eigenvalue weighted by Gasteiger charge is -2.36. The molecule has 10 amide bonds. The molecule has 1 aromatic rings. The molecule has 2 saturated heterocycles. The van der Waals surface area contributed by atoms with Crippen LogP contribution in [-0.4, -0.2) is 190 Å². The fourth-order valence-electron chi connectivity index (χ4n) is 11.1. The first-order valence-electron chi connectivity index (χ1n) is 31.8. The van der Waals surface area contributed by atoms with Crippen molar-refractivity contribution in [3.63, 3.8) is 0 Å². The van der Waals surface area contributed by atoms with Crippen molar-refractivity contribution in [1.29, 1.82) is 0 Å². The van der Waals surface area contributed by atoms with Gasteiger partial charge in [-0.05, 0) is 94.1 Å². The number of β-amino-alcohol motifs (C(OH)–C–C–N with tert-alkyl or cyclic N) is 1. The van der Waals surface area contributed by atoms with E-state index < -0.39 is 132 Å². The van der Waals surface area contributed by atoms with Gasteiger partial charge in [0.05, 0.1) is 12.5 Å². The van der Waals surface area contributed by atoms with Crippen molar-refractivity contribution in [3.8, 4) is 0 Å². The predicted octanol–water partition coefficient (Wildman–Crippen LogP) is 0.559. The van der Waals surface area contributed by atoms with Crippen LogP contribution in [0.1, 0.15) is 170 Å². The summed E-state index contributed by atoms with van der Waals surface area (Å²) in [6.45, 7) is 13.0. The largest absolute Gasteiger partial charge is 0.481 e. The van der Waals surface area contributed by atoms with E-state index in [2.05, 4.69) is 43.8 Å². The number of amides is 10. The highest BCUT2D eigenvalue weighted by atomic mass is 16.4. The number of guanidine groups is 1. The van der Waals surface area contributed by atoms with Crippen LogP contribution in [0.3, 0.4) is 0 Å². The summed E-state index contributed by atoms with van der Waals surface area (Å²) >= 11 is 0. The third-order valence-corrected chi connectivity index (χ3v) is 16.3. The molecule has 89 heavy (non-hydrogen) atoms. The number of benzene rings is 1. The number of primary amides is 1. The first-order chi connectivity index (χ1) is 42.1. The molecule has 3 rings (SSSR count). The summed E-state index contributed by atoms with van der Waals surface area (Å²) in [5.41, 5.74) is 23.2. The number of carboxylic acid groups (broad SMARTS) is 1. The zero-order chi connectivity index (χ0) is 66.5. The molecule has 2 heterocycles. The smallest absolute Gasteiger partial charge is 0.305 e. The van der Waals surface area contributed by atoms with E-state index in [9.17, 15) is 63.0 Å². The number of carbonyl (C=O) groups excluding carboxylic acids is 10. The summed E-state index contributed by atoms with van der Waals surface area (Å²) in [6, 6.07) is -2.71. The topological polar surface area (TPSA) is 427 Å². The lowest BCUT2D eigenvalue weighted by molar-refractivity contribution is -0.149. The van der Waals surface area contributed by atoms with Crippen LogP contribution in [0.2, 0.25) is 0 Å². The van der Waals surface area contributed by atoms with Crippen molar-refractivity contribution in [2.24, 2.45) is 45.7 Å². The molecular weight excluding hydrogens is 1150 g/mol. The standard InChI is InChI=1S/C62H104N14O13/c1-9-11-12-13-17-27-50(78)75-30-19-18-26-47(75)58(86)70-44(33-40-22-15-14-16-23-40)56(84)68-42(24-20-28-63)54(82)72-46(31-37(3)4)60(88)76-36-41(77)34-49(76)61(89)74(8)48(32-38(5)6)59(87)71-45(35-51(79)80)57(85)69-43(25-21-29-67-62(65)66)55(83)73-52(53(64)81)39(7)10-2/h14-16,22-23,37-39,41-49,52,77H,9-13,17-21,24-36,63H2,1-8H3,(H2,64,81)(H,68,84)(H,69,85)(H,70,86)(H,71,87)(H,72,82)(H,73,83)(H,79,80)(H4,65,66,67)/t39-,41+,42-,43-,44-,45-,46-,47+,48+,49-,52-/m0/s1. The zero-order valence-electron chi connectivity index (χ0n) is 53.6. The van der Waals surface area contributed by atoms with Gasteiger partial charge in [0.1, 0.15) is 54.4 Å². The van der Waals surface area contributed by atoms with Gasteiger partial charge in [0.2, 0.25) is 59.1 Å². The SMILES string of the molecule is CCCCCCCC(=O)N1CCCC[C@@H]1C(=O)N[C@@H](Cc1ccccc1)C(=O)N[C@@H](CCCN)C(=O)N[C@@H](CC(C)C)C(=O)N1C[C@H](O)C[C@H]1C(=O)N(C)[C@H](CC(C)C)C(=O)N[C@@H](CC(=O)O)C(=O)N[C@@H](CCCN=C(N)N)C(=O)N[C@H](C(N)=O)[C@@H](C)CC. The molecule has 27 heteroatoms. The first kappa shape index (κ1) is 75.8. The van der Waals surface area contributed by atoms with Crippen LogP contribution in [0.15, 0.2) is 35.3 Å². The summed E-state index contributed by atoms with van der Waals surface area (Å²) in [4.78, 5) is 161. The van der Waals surface area contributed by atoms with Gasteiger partial charge in [-0.1, -0.05) is 111 Å². The average Bonchev–Trinajstić information content (AvgIpc) is 2.50. The van der Waals surface area contributed by atoms with Crippen LogP contribution in [0.4, 0.5) is 0 Å². The summed E-state index contributed by atoms with van der Waals surface area (Å²) in [5.74, 6) is -9.96. The van der Waals surface area contributed by atoms with Crippen molar-refractivity contribution < 1.29 is 63.0 Å². The van der Waals surface area contributed by atoms with Crippen LogP contribution in [0, 0.1) is 17.8 Å². The van der Waals surface area contributed by atoms with Gasteiger partial charge < -0.3 is 79.7 Å². The third-order valence-electron chi connectivity index (χ3n) is 16.3. The number of aliphatic hydroxyl groups excluding tert-OH is 1. The van der Waals surface area contributed by atoms with Crippen LogP contribution in [0.25, 0.3) is 0 Å². The molecule has 500 valence electrons. The molecule has 1 aromatic carbocycles. The molecule has 2 fully saturated rings. The number of nitrogens with two attached hydrogens (primary N) is 4. The third kappa shape index (κ3) is 25.5. The second-order valence-corrected chi connectivity index (χ2v) is 24.6. The molecular formula is C62H104N14O13. The van der Waals surface area contributed by atoms with Gasteiger partial charge >= 0.3 is 5.97 Å². The van der Waals surface area contributed by atoms with E-state index in [-0.39, 0.29) is 94.7 Å². The number of aliphatic imine (C=N–C) groups is 1. The van der Waals surface area contributed by atoms with E-state index >= 15 is 0 Å². The Kier molecular flexibility index (Phi) is 33.1. The Morgan fingerprint density at radius 3 is 1.84 bits per heavy atom. The number of rotatable bonds is 39. The molecule has 16 N–H and O–H groups in total. The van der Waals surface area contributed by atoms with Gasteiger partial charge in [0.25, 0.3) is 0 Å². The minimum absolute atomic E-state index is 0.0286. The highest BCUT2D eigenvalue weighted by Gasteiger charge is 2.46. The minimum atomic E-state index is -1.81. The number of carbonyl (C=O) groups is 11. The fraction of sp³-hybridized carbons (Fsp3) is 0.710. The maximum absolute atomic E-state index is 14.9. The van der Waals surface area contributed by atoms with E-state index in [1.54, 1.807) is 56.9 Å². The molecule has 0 spiro atoms. The molecule has 0 aromatic heterocycles. The van der Waals surface area contributed by atoms with Crippen molar-refractivity contribution in [2.45, 2.75) is 231 Å². The van der Waals surface area contributed by atoms with Crippen molar-refractivity contribution >= 4 is 71.0 Å². The molecule has 0 saturated carbocycles. The van der Waals surface area contributed by atoms with Crippen molar-refractivity contribution in [2.75, 3.05) is 33.2 Å². The zero-order valence-corrected chi connectivity index (χ0v) is 53.6. The number of aliphatic hydroxyl groups is 1. The lowest BCUT2D eigenvalue weighted by Crippen LogP contribution is -2.61. The molecule has 2 aliphatic rings. The summed E-state index contributed by atoms with van der Waals surface area (Å²) < 4.78 is 0. The van der Waals surface area contributed by atoms with Gasteiger partial charge in [0.15, 0.2) is 5.96 Å². The summed E-state index contributed by atoms with van der Waals surface area (Å²) in [6.07, 6.45) is 5.32. The second-order valence-electron chi connectivity index (χ2n) is 24.6. The number of likely N-dealkylation sites (tertiary alicyclic amines) is 2. The normalized spacial score (nSPS) is 18.4. The van der Waals surface area contributed by atoms with Crippen LogP contribution < -0.4 is 54.8 Å². The number of nitrogens with one attached hydrogen (secondary N) is 6. The number of likely N-dealkylation sites (N-methyl/N-ethyl adjacent to an activating group) is 1. The number of hydrogen-bond donors (Lipinski definition) is 12. The predicted molar refractivity (Wildman–Crippen MR) is 335 cm³/mol. The maximum atomic E-state index is 14.9. The molecule has 2 aliphatic heterocycles. The van der Waals surface area contributed by atoms with Gasteiger partial charge in [-0.25, -0.2) is 0 Å². The molecule has 0 unspecified atom stereocenters. The Morgan fingerprint density at radius 2 is 1.26 bits per heavy atom. The fourth-order valence-corrected chi connectivity index (χ4v) is 11.1. The van der Waals surface area contributed by atoms with Crippen LogP contribution in [0.5, 0.6) is 0 Å². The van der Waals surface area contributed by atoms with Crippen LogP contribution >= 0.6 is 0 Å². The Bertz CT molecular complexity index is 2530. The van der Waals surface area contributed by atoms with E-state index in [4.69, 9.17) is 22.9 Å². The van der Waals surface area contributed by atoms with Crippen LogP contribution in [-0.2, 0) is 59.2 Å². The minimum Gasteiger partial charge on any atom is -0.481 e. The Hall–Kier alpha value is -7.42. The highest BCUT2D eigenvalue weighted by Crippen LogP contribution is 2.26. The van der Waals surface area contributed by atoms with Gasteiger partial charge in [-0.3, -0.25) is 57.7 Å². The average molecular weight is 1250 g/mol. The van der Waals surface area contributed by atoms with E-state index in [0.717, 1.165) is 41.9 Å². The molecule has 11 atom stereocenters. The van der Waals surface area contributed by atoms with Gasteiger partial charge in [0, 0.05) is 45.9 Å². The highest BCUT2D eigenvalue weighted by molar-refractivity contribution is 5.99. The van der Waals surface area contributed by atoms with E-state index in [1.807, 2.05) is 19.9 Å². The monoisotopic (exact) mass is 1250 g/mol. The number of piperidine rings is 1. The van der Waals surface area contributed by atoms with Gasteiger partial charge in [-0.2, -0.15) is 0 Å². The van der Waals surface area contributed by atoms with Gasteiger partial charge in [-0.15, -0.1) is 0 Å². The first-order valence-corrected chi connectivity index (χ1v) is 31.8. The summed E-state index contributed by atoms with van der Waals surface area (Å²) in [7, 11) is 1.30. The van der Waals surface area contributed by atoms with E-state index in [1.165, 1.54) is 7.05 Å². The number of unbranched alkanes of at least 4 members (excludes halogenated alkanes) is 4.